The molecule has 2 rings (SSSR count). The van der Waals surface area contributed by atoms with Gasteiger partial charge in [-0.2, -0.15) is 0 Å². The van der Waals surface area contributed by atoms with Crippen molar-refractivity contribution in [1.29, 1.82) is 0 Å². The SMILES string of the molecule is CCCCCCCCCCCCCCc1ccc2ccccc2c1CCCCCCCCCCCCCC. The summed E-state index contributed by atoms with van der Waals surface area (Å²) < 4.78 is 0. The molecular formula is C38H64. The average molecular weight is 521 g/mol. The second-order valence-electron chi connectivity index (χ2n) is 12.2. The van der Waals surface area contributed by atoms with Crippen LogP contribution in [-0.2, 0) is 12.8 Å². The second-order valence-corrected chi connectivity index (χ2v) is 12.2. The van der Waals surface area contributed by atoms with Gasteiger partial charge in [0.15, 0.2) is 0 Å². The number of hydrogen-bond donors (Lipinski definition) is 0. The van der Waals surface area contributed by atoms with Crippen LogP contribution in [0, 0.1) is 0 Å². The average Bonchev–Trinajstić information content (AvgIpc) is 2.94. The third kappa shape index (κ3) is 15.3. The molecule has 0 radical (unpaired) electrons. The molecule has 0 fully saturated rings. The normalized spacial score (nSPS) is 11.5. The lowest BCUT2D eigenvalue weighted by atomic mass is 9.91. The van der Waals surface area contributed by atoms with Crippen LogP contribution >= 0.6 is 0 Å². The topological polar surface area (TPSA) is 0 Å². The number of aryl methyl sites for hydroxylation is 2. The molecule has 0 heterocycles. The van der Waals surface area contributed by atoms with Crippen LogP contribution in [0.15, 0.2) is 36.4 Å². The highest BCUT2D eigenvalue weighted by Gasteiger charge is 2.08. The van der Waals surface area contributed by atoms with Gasteiger partial charge in [0.1, 0.15) is 0 Å². The van der Waals surface area contributed by atoms with Crippen LogP contribution in [0.4, 0.5) is 0 Å². The standard InChI is InChI=1S/C38H64/c1-3-5-7-9-11-13-15-17-19-21-23-25-29-35-33-34-36-30-27-28-32-38(36)37(35)31-26-24-22-20-18-16-14-12-10-8-6-4-2/h27-28,30,32-34H,3-26,29,31H2,1-2H3. The van der Waals surface area contributed by atoms with E-state index < -0.39 is 0 Å². The van der Waals surface area contributed by atoms with Crippen LogP contribution in [-0.4, -0.2) is 0 Å². The van der Waals surface area contributed by atoms with E-state index in [4.69, 9.17) is 0 Å². The molecule has 0 aliphatic carbocycles. The molecule has 0 N–H and O–H groups in total. The van der Waals surface area contributed by atoms with Crippen LogP contribution in [0.1, 0.15) is 179 Å². The summed E-state index contributed by atoms with van der Waals surface area (Å²) in [6, 6.07) is 13.9. The highest BCUT2D eigenvalue weighted by atomic mass is 14.1. The van der Waals surface area contributed by atoms with Crippen molar-refractivity contribution < 1.29 is 0 Å². The Morgan fingerprint density at radius 3 is 1.24 bits per heavy atom. The Bertz CT molecular complexity index is 788. The van der Waals surface area contributed by atoms with Crippen molar-refractivity contribution >= 4 is 10.8 Å². The lowest BCUT2D eigenvalue weighted by Gasteiger charge is -2.14. The second kappa shape index (κ2) is 23.6. The van der Waals surface area contributed by atoms with Crippen molar-refractivity contribution in [2.75, 3.05) is 0 Å². The summed E-state index contributed by atoms with van der Waals surface area (Å²) in [6.45, 7) is 4.61. The predicted molar refractivity (Wildman–Crippen MR) is 174 cm³/mol. The van der Waals surface area contributed by atoms with Crippen LogP contribution in [0.3, 0.4) is 0 Å². The fourth-order valence-electron chi connectivity index (χ4n) is 6.21. The van der Waals surface area contributed by atoms with E-state index >= 15 is 0 Å². The molecule has 0 heteroatoms. The maximum Gasteiger partial charge on any atom is -0.0149 e. The lowest BCUT2D eigenvalue weighted by molar-refractivity contribution is 0.542. The summed E-state index contributed by atoms with van der Waals surface area (Å²) in [4.78, 5) is 0. The van der Waals surface area contributed by atoms with E-state index in [1.807, 2.05) is 0 Å². The first-order chi connectivity index (χ1) is 18.9. The van der Waals surface area contributed by atoms with Gasteiger partial charge in [-0.25, -0.2) is 0 Å². The van der Waals surface area contributed by atoms with E-state index in [2.05, 4.69) is 50.2 Å². The summed E-state index contributed by atoms with van der Waals surface area (Å²) in [7, 11) is 0. The van der Waals surface area contributed by atoms with E-state index in [0.717, 1.165) is 0 Å². The van der Waals surface area contributed by atoms with Gasteiger partial charge in [0.2, 0.25) is 0 Å². The number of hydrogen-bond acceptors (Lipinski definition) is 0. The predicted octanol–water partition coefficient (Wildman–Crippen LogP) is 13.3. The Kier molecular flexibility index (Phi) is 20.4. The van der Waals surface area contributed by atoms with Crippen LogP contribution in [0.2, 0.25) is 0 Å². The van der Waals surface area contributed by atoms with Gasteiger partial charge in [-0.05, 0) is 47.6 Å². The molecule has 0 saturated heterocycles. The molecule has 0 bridgehead atoms. The molecule has 0 nitrogen and oxygen atoms in total. The third-order valence-electron chi connectivity index (χ3n) is 8.72. The van der Waals surface area contributed by atoms with Gasteiger partial charge in [-0.1, -0.05) is 192 Å². The fourth-order valence-corrected chi connectivity index (χ4v) is 6.21. The number of rotatable bonds is 26. The molecule has 0 unspecified atom stereocenters. The van der Waals surface area contributed by atoms with E-state index in [1.54, 1.807) is 11.1 Å². The molecule has 0 aliphatic rings. The van der Waals surface area contributed by atoms with Crippen LogP contribution in [0.5, 0.6) is 0 Å². The Labute approximate surface area is 238 Å². The smallest absolute Gasteiger partial charge is 0.0149 e. The van der Waals surface area contributed by atoms with Crippen molar-refractivity contribution in [3.63, 3.8) is 0 Å². The Balaban J connectivity index is 1.61. The van der Waals surface area contributed by atoms with Crippen molar-refractivity contribution in [1.82, 2.24) is 0 Å². The Hall–Kier alpha value is -1.30. The van der Waals surface area contributed by atoms with Crippen molar-refractivity contribution in [3.8, 4) is 0 Å². The molecule has 2 aromatic rings. The molecule has 0 amide bonds. The van der Waals surface area contributed by atoms with E-state index in [9.17, 15) is 0 Å². The molecule has 0 saturated carbocycles. The molecule has 2 aromatic carbocycles. The molecule has 0 spiro atoms. The van der Waals surface area contributed by atoms with Gasteiger partial charge in [0.25, 0.3) is 0 Å². The summed E-state index contributed by atoms with van der Waals surface area (Å²) in [5.74, 6) is 0. The van der Waals surface area contributed by atoms with Gasteiger partial charge in [0, 0.05) is 0 Å². The zero-order valence-corrected chi connectivity index (χ0v) is 25.8. The summed E-state index contributed by atoms with van der Waals surface area (Å²) in [6.07, 6.45) is 36.9. The van der Waals surface area contributed by atoms with Gasteiger partial charge in [0.05, 0.1) is 0 Å². The highest BCUT2D eigenvalue weighted by Crippen LogP contribution is 2.26. The largest absolute Gasteiger partial charge is 0.0654 e. The number of benzene rings is 2. The lowest BCUT2D eigenvalue weighted by Crippen LogP contribution is -1.97. The first-order valence-electron chi connectivity index (χ1n) is 17.4. The van der Waals surface area contributed by atoms with Gasteiger partial charge < -0.3 is 0 Å². The molecular weight excluding hydrogens is 456 g/mol. The molecule has 0 aliphatic heterocycles. The molecule has 0 atom stereocenters. The molecule has 38 heavy (non-hydrogen) atoms. The Morgan fingerprint density at radius 2 is 0.763 bits per heavy atom. The molecule has 0 aromatic heterocycles. The quantitative estimate of drug-likeness (QED) is 0.108. The fraction of sp³-hybridized carbons (Fsp3) is 0.737. The zero-order chi connectivity index (χ0) is 26.9. The van der Waals surface area contributed by atoms with Crippen LogP contribution < -0.4 is 0 Å². The third-order valence-corrected chi connectivity index (χ3v) is 8.72. The molecule has 216 valence electrons. The maximum atomic E-state index is 2.46. The van der Waals surface area contributed by atoms with E-state index in [0.29, 0.717) is 0 Å². The summed E-state index contributed by atoms with van der Waals surface area (Å²) in [5, 5.41) is 2.95. The summed E-state index contributed by atoms with van der Waals surface area (Å²) in [5.41, 5.74) is 3.30. The number of fused-ring (bicyclic) bond motifs is 1. The van der Waals surface area contributed by atoms with Crippen molar-refractivity contribution in [2.45, 2.75) is 181 Å². The zero-order valence-electron chi connectivity index (χ0n) is 25.8. The first kappa shape index (κ1) is 32.9. The monoisotopic (exact) mass is 521 g/mol. The van der Waals surface area contributed by atoms with Gasteiger partial charge in [-0.3, -0.25) is 0 Å². The van der Waals surface area contributed by atoms with Crippen LogP contribution in [0.25, 0.3) is 10.8 Å². The Morgan fingerprint density at radius 1 is 0.368 bits per heavy atom. The van der Waals surface area contributed by atoms with Crippen molar-refractivity contribution in [3.05, 3.63) is 47.5 Å². The minimum atomic E-state index is 1.27. The van der Waals surface area contributed by atoms with Crippen molar-refractivity contribution in [2.24, 2.45) is 0 Å². The van der Waals surface area contributed by atoms with Gasteiger partial charge >= 0.3 is 0 Å². The first-order valence-corrected chi connectivity index (χ1v) is 17.4. The minimum Gasteiger partial charge on any atom is -0.0654 e. The number of unbranched alkanes of at least 4 members (excludes halogenated alkanes) is 22. The highest BCUT2D eigenvalue weighted by molar-refractivity contribution is 5.86. The van der Waals surface area contributed by atoms with E-state index in [-0.39, 0.29) is 0 Å². The summed E-state index contributed by atoms with van der Waals surface area (Å²) >= 11 is 0. The minimum absolute atomic E-state index is 1.27. The van der Waals surface area contributed by atoms with E-state index in [1.165, 1.54) is 178 Å². The maximum absolute atomic E-state index is 2.46. The van der Waals surface area contributed by atoms with Gasteiger partial charge in [-0.15, -0.1) is 0 Å².